The SMILES string of the molecule is COc1cc(/C=C2\SC(=O)N(C)C2=O)c(Br)cc1Oc1cnc(C)s1. The van der Waals surface area contributed by atoms with Gasteiger partial charge in [-0.05, 0) is 42.5 Å². The number of thioether (sulfide) groups is 1. The van der Waals surface area contributed by atoms with Crippen LogP contribution in [0.1, 0.15) is 10.6 Å². The Labute approximate surface area is 161 Å². The van der Waals surface area contributed by atoms with E-state index in [1.54, 1.807) is 24.4 Å². The molecule has 3 rings (SSSR count). The molecule has 2 amide bonds. The van der Waals surface area contributed by atoms with Gasteiger partial charge in [0.15, 0.2) is 11.5 Å². The molecule has 1 saturated heterocycles. The number of hydrogen-bond acceptors (Lipinski definition) is 7. The predicted octanol–water partition coefficient (Wildman–Crippen LogP) is 4.68. The maximum atomic E-state index is 12.0. The first-order chi connectivity index (χ1) is 11.9. The third kappa shape index (κ3) is 3.73. The zero-order valence-corrected chi connectivity index (χ0v) is 16.8. The fourth-order valence-corrected chi connectivity index (χ4v) is 3.97. The molecule has 0 atom stereocenters. The number of aryl methyl sites for hydroxylation is 1. The van der Waals surface area contributed by atoms with E-state index < -0.39 is 0 Å². The molecule has 2 heterocycles. The summed E-state index contributed by atoms with van der Waals surface area (Å²) in [5, 5.41) is 1.27. The molecule has 0 saturated carbocycles. The number of benzene rings is 1. The highest BCUT2D eigenvalue weighted by atomic mass is 79.9. The number of ether oxygens (including phenoxy) is 2. The number of likely N-dealkylation sites (N-methyl/N-ethyl adjacent to an activating group) is 1. The molecule has 0 aliphatic carbocycles. The van der Waals surface area contributed by atoms with Crippen molar-refractivity contribution in [3.05, 3.63) is 38.3 Å². The molecule has 1 aromatic carbocycles. The van der Waals surface area contributed by atoms with E-state index >= 15 is 0 Å². The lowest BCUT2D eigenvalue weighted by atomic mass is 10.2. The normalized spacial score (nSPS) is 16.0. The minimum atomic E-state index is -0.318. The van der Waals surface area contributed by atoms with Crippen LogP contribution in [0.5, 0.6) is 16.6 Å². The average molecular weight is 441 g/mol. The maximum Gasteiger partial charge on any atom is 0.293 e. The van der Waals surface area contributed by atoms with Gasteiger partial charge < -0.3 is 9.47 Å². The van der Waals surface area contributed by atoms with Gasteiger partial charge in [0.05, 0.1) is 23.2 Å². The van der Waals surface area contributed by atoms with Crippen LogP contribution in [0.25, 0.3) is 6.08 Å². The van der Waals surface area contributed by atoms with Gasteiger partial charge in [-0.1, -0.05) is 27.3 Å². The highest BCUT2D eigenvalue weighted by molar-refractivity contribution is 9.10. The van der Waals surface area contributed by atoms with E-state index in [2.05, 4.69) is 20.9 Å². The van der Waals surface area contributed by atoms with Crippen molar-refractivity contribution in [2.75, 3.05) is 14.2 Å². The Hall–Kier alpha value is -1.84. The van der Waals surface area contributed by atoms with E-state index in [0.717, 1.165) is 21.7 Å². The Morgan fingerprint density at radius 3 is 2.60 bits per heavy atom. The highest BCUT2D eigenvalue weighted by Gasteiger charge is 2.32. The number of carbonyl (C=O) groups excluding carboxylic acids is 2. The van der Waals surface area contributed by atoms with Crippen molar-refractivity contribution < 1.29 is 19.1 Å². The second kappa shape index (κ2) is 7.19. The van der Waals surface area contributed by atoms with Crippen LogP contribution in [-0.2, 0) is 4.79 Å². The molecule has 1 fully saturated rings. The second-order valence-corrected chi connectivity index (χ2v) is 8.11. The van der Waals surface area contributed by atoms with E-state index in [0.29, 0.717) is 31.5 Å². The third-order valence-electron chi connectivity index (χ3n) is 3.37. The summed E-state index contributed by atoms with van der Waals surface area (Å²) in [5.41, 5.74) is 0.712. The lowest BCUT2D eigenvalue weighted by molar-refractivity contribution is -0.121. The van der Waals surface area contributed by atoms with Crippen molar-refractivity contribution in [3.8, 4) is 16.6 Å². The minimum absolute atomic E-state index is 0.292. The van der Waals surface area contributed by atoms with Gasteiger partial charge >= 0.3 is 0 Å². The van der Waals surface area contributed by atoms with Crippen molar-refractivity contribution in [2.45, 2.75) is 6.92 Å². The smallest absolute Gasteiger partial charge is 0.293 e. The lowest BCUT2D eigenvalue weighted by Gasteiger charge is -2.11. The molecule has 0 radical (unpaired) electrons. The van der Waals surface area contributed by atoms with E-state index in [-0.39, 0.29) is 11.1 Å². The molecule has 2 aromatic rings. The maximum absolute atomic E-state index is 12.0. The van der Waals surface area contributed by atoms with Crippen LogP contribution in [0.4, 0.5) is 4.79 Å². The summed E-state index contributed by atoms with van der Waals surface area (Å²) in [7, 11) is 3.00. The number of aromatic nitrogens is 1. The summed E-state index contributed by atoms with van der Waals surface area (Å²) in [6.45, 7) is 1.90. The molecule has 9 heteroatoms. The summed E-state index contributed by atoms with van der Waals surface area (Å²) >= 11 is 5.81. The van der Waals surface area contributed by atoms with Gasteiger partial charge in [0.2, 0.25) is 5.06 Å². The number of amides is 2. The topological polar surface area (TPSA) is 68.7 Å². The molecular formula is C16H13BrN2O4S2. The van der Waals surface area contributed by atoms with Crippen LogP contribution in [0.2, 0.25) is 0 Å². The number of carbonyl (C=O) groups is 2. The van der Waals surface area contributed by atoms with Gasteiger partial charge in [-0.3, -0.25) is 14.5 Å². The Kier molecular flexibility index (Phi) is 5.16. The van der Waals surface area contributed by atoms with Crippen molar-refractivity contribution in [1.29, 1.82) is 0 Å². The van der Waals surface area contributed by atoms with Crippen LogP contribution < -0.4 is 9.47 Å². The van der Waals surface area contributed by atoms with Crippen molar-refractivity contribution in [2.24, 2.45) is 0 Å². The lowest BCUT2D eigenvalue weighted by Crippen LogP contribution is -2.22. The number of halogens is 1. The fraction of sp³-hybridized carbons (Fsp3) is 0.188. The number of nitrogens with zero attached hydrogens (tertiary/aromatic N) is 2. The third-order valence-corrected chi connectivity index (χ3v) is 5.81. The van der Waals surface area contributed by atoms with Gasteiger partial charge in [0.25, 0.3) is 11.1 Å². The molecule has 1 aromatic heterocycles. The van der Waals surface area contributed by atoms with Gasteiger partial charge in [0.1, 0.15) is 0 Å². The van der Waals surface area contributed by atoms with Crippen LogP contribution in [0.15, 0.2) is 27.7 Å². The number of imide groups is 1. The van der Waals surface area contributed by atoms with Crippen molar-refractivity contribution in [3.63, 3.8) is 0 Å². The second-order valence-electron chi connectivity index (χ2n) is 5.07. The first kappa shape index (κ1) is 18.0. The predicted molar refractivity (Wildman–Crippen MR) is 101 cm³/mol. The van der Waals surface area contributed by atoms with Gasteiger partial charge in [-0.25, -0.2) is 4.98 Å². The summed E-state index contributed by atoms with van der Waals surface area (Å²) in [4.78, 5) is 29.3. The largest absolute Gasteiger partial charge is 0.493 e. The van der Waals surface area contributed by atoms with Crippen LogP contribution in [-0.4, -0.2) is 35.2 Å². The number of hydrogen-bond donors (Lipinski definition) is 0. The Morgan fingerprint density at radius 1 is 1.28 bits per heavy atom. The average Bonchev–Trinajstić information content (AvgIpc) is 3.08. The molecule has 0 spiro atoms. The van der Waals surface area contributed by atoms with Gasteiger partial charge in [-0.15, -0.1) is 0 Å². The van der Waals surface area contributed by atoms with Crippen LogP contribution >= 0.6 is 39.0 Å². The van der Waals surface area contributed by atoms with Gasteiger partial charge in [-0.2, -0.15) is 0 Å². The van der Waals surface area contributed by atoms with E-state index in [1.807, 2.05) is 6.92 Å². The Bertz CT molecular complexity index is 894. The molecule has 0 bridgehead atoms. The first-order valence-corrected chi connectivity index (χ1v) is 9.51. The standard InChI is InChI=1S/C16H13BrN2O4S2/c1-8-18-7-14(24-8)23-12-6-10(17)9(4-11(12)22-3)5-13-15(20)19(2)16(21)25-13/h4-7H,1-3H3/b13-5-. The summed E-state index contributed by atoms with van der Waals surface area (Å²) in [6, 6.07) is 3.51. The zero-order valence-electron chi connectivity index (χ0n) is 13.5. The monoisotopic (exact) mass is 440 g/mol. The molecule has 0 N–H and O–H groups in total. The Balaban J connectivity index is 1.94. The summed E-state index contributed by atoms with van der Waals surface area (Å²) < 4.78 is 11.9. The molecule has 1 aliphatic rings. The zero-order chi connectivity index (χ0) is 18.1. The molecule has 6 nitrogen and oxygen atoms in total. The number of methoxy groups -OCH3 is 1. The number of rotatable bonds is 4. The molecule has 130 valence electrons. The molecule has 1 aliphatic heterocycles. The van der Waals surface area contributed by atoms with Crippen molar-refractivity contribution in [1.82, 2.24) is 9.88 Å². The molecular weight excluding hydrogens is 428 g/mol. The quantitative estimate of drug-likeness (QED) is 0.642. The van der Waals surface area contributed by atoms with Crippen molar-refractivity contribution >= 4 is 56.3 Å². The summed E-state index contributed by atoms with van der Waals surface area (Å²) in [5.74, 6) is 0.719. The van der Waals surface area contributed by atoms with E-state index in [1.165, 1.54) is 25.5 Å². The number of thiazole rings is 1. The first-order valence-electron chi connectivity index (χ1n) is 7.08. The van der Waals surface area contributed by atoms with Crippen LogP contribution in [0.3, 0.4) is 0 Å². The van der Waals surface area contributed by atoms with Gasteiger partial charge in [0, 0.05) is 11.5 Å². The van der Waals surface area contributed by atoms with E-state index in [4.69, 9.17) is 9.47 Å². The molecule has 25 heavy (non-hydrogen) atoms. The Morgan fingerprint density at radius 2 is 2.04 bits per heavy atom. The summed E-state index contributed by atoms with van der Waals surface area (Å²) in [6.07, 6.45) is 3.31. The highest BCUT2D eigenvalue weighted by Crippen LogP contribution is 2.40. The molecule has 0 unspecified atom stereocenters. The minimum Gasteiger partial charge on any atom is -0.493 e. The van der Waals surface area contributed by atoms with E-state index in [9.17, 15) is 9.59 Å². The fourth-order valence-electron chi connectivity index (χ4n) is 2.09. The van der Waals surface area contributed by atoms with Crippen LogP contribution in [0, 0.1) is 6.92 Å².